The van der Waals surface area contributed by atoms with Crippen LogP contribution in [0.25, 0.3) is 0 Å². The fourth-order valence-corrected chi connectivity index (χ4v) is 1.99. The maximum atomic E-state index is 13.5. The van der Waals surface area contributed by atoms with Gasteiger partial charge < -0.3 is 9.84 Å². The van der Waals surface area contributed by atoms with Gasteiger partial charge in [0.25, 0.3) is 0 Å². The number of halogens is 1. The summed E-state index contributed by atoms with van der Waals surface area (Å²) in [6.07, 6.45) is 0.369. The van der Waals surface area contributed by atoms with E-state index in [0.29, 0.717) is 18.4 Å². The standard InChI is InChI=1S/C15H22FNO3/c1-10(17-14(11(2)18)15(19)20-3)8-9-12-6-4-5-7-13(12)16/h4-7,10-11,14,17-18H,8-9H2,1-3H3/t10-,11+,14-/m1/s1. The maximum Gasteiger partial charge on any atom is 0.325 e. The van der Waals surface area contributed by atoms with Crippen LogP contribution in [0.3, 0.4) is 0 Å². The van der Waals surface area contributed by atoms with Crippen molar-refractivity contribution in [2.24, 2.45) is 0 Å². The van der Waals surface area contributed by atoms with E-state index in [4.69, 9.17) is 0 Å². The number of benzene rings is 1. The number of esters is 1. The van der Waals surface area contributed by atoms with E-state index in [1.54, 1.807) is 18.2 Å². The maximum absolute atomic E-state index is 13.5. The molecule has 1 aromatic carbocycles. The van der Waals surface area contributed by atoms with Crippen LogP contribution in [0.4, 0.5) is 4.39 Å². The third kappa shape index (κ3) is 4.90. The van der Waals surface area contributed by atoms with Crippen LogP contribution in [0.2, 0.25) is 0 Å². The zero-order chi connectivity index (χ0) is 15.1. The van der Waals surface area contributed by atoms with E-state index in [1.807, 2.05) is 6.92 Å². The number of carbonyl (C=O) groups is 1. The average molecular weight is 283 g/mol. The number of hydrogen-bond donors (Lipinski definition) is 2. The monoisotopic (exact) mass is 283 g/mol. The summed E-state index contributed by atoms with van der Waals surface area (Å²) in [5, 5.41) is 12.6. The molecular formula is C15H22FNO3. The van der Waals surface area contributed by atoms with Gasteiger partial charge in [-0.25, -0.2) is 4.39 Å². The fourth-order valence-electron chi connectivity index (χ4n) is 1.99. The first-order valence-electron chi connectivity index (χ1n) is 6.71. The molecule has 20 heavy (non-hydrogen) atoms. The lowest BCUT2D eigenvalue weighted by Crippen LogP contribution is -2.49. The Morgan fingerprint density at radius 2 is 2.05 bits per heavy atom. The molecule has 0 bridgehead atoms. The summed E-state index contributed by atoms with van der Waals surface area (Å²) in [6, 6.07) is 5.81. The molecule has 0 saturated heterocycles. The van der Waals surface area contributed by atoms with Crippen LogP contribution in [0.5, 0.6) is 0 Å². The van der Waals surface area contributed by atoms with E-state index in [-0.39, 0.29) is 11.9 Å². The lowest BCUT2D eigenvalue weighted by atomic mass is 10.0. The number of carbonyl (C=O) groups excluding carboxylic acids is 1. The van der Waals surface area contributed by atoms with E-state index < -0.39 is 18.1 Å². The van der Waals surface area contributed by atoms with E-state index >= 15 is 0 Å². The molecule has 0 aliphatic heterocycles. The summed E-state index contributed by atoms with van der Waals surface area (Å²) in [5.41, 5.74) is 0.646. The summed E-state index contributed by atoms with van der Waals surface area (Å²) in [5.74, 6) is -0.725. The highest BCUT2D eigenvalue weighted by atomic mass is 19.1. The van der Waals surface area contributed by atoms with E-state index in [1.165, 1.54) is 20.1 Å². The molecule has 0 amide bonds. The molecule has 0 heterocycles. The average Bonchev–Trinajstić information content (AvgIpc) is 2.42. The minimum Gasteiger partial charge on any atom is -0.468 e. The molecule has 112 valence electrons. The van der Waals surface area contributed by atoms with Crippen molar-refractivity contribution in [1.29, 1.82) is 0 Å². The summed E-state index contributed by atoms with van der Waals surface area (Å²) in [4.78, 5) is 11.5. The van der Waals surface area contributed by atoms with Gasteiger partial charge in [-0.2, -0.15) is 0 Å². The number of aryl methyl sites for hydroxylation is 1. The Balaban J connectivity index is 2.52. The van der Waals surface area contributed by atoms with E-state index in [0.717, 1.165) is 0 Å². The third-order valence-corrected chi connectivity index (χ3v) is 3.21. The predicted octanol–water partition coefficient (Wildman–Crippen LogP) is 1.66. The fraction of sp³-hybridized carbons (Fsp3) is 0.533. The third-order valence-electron chi connectivity index (χ3n) is 3.21. The first-order valence-corrected chi connectivity index (χ1v) is 6.71. The van der Waals surface area contributed by atoms with Gasteiger partial charge in [-0.15, -0.1) is 0 Å². The molecule has 0 unspecified atom stereocenters. The highest BCUT2D eigenvalue weighted by Gasteiger charge is 2.25. The van der Waals surface area contributed by atoms with Crippen LogP contribution in [0.1, 0.15) is 25.8 Å². The molecule has 0 saturated carbocycles. The molecule has 0 fully saturated rings. The Morgan fingerprint density at radius 3 is 2.60 bits per heavy atom. The SMILES string of the molecule is COC(=O)[C@H](N[C@H](C)CCc1ccccc1F)[C@H](C)O. The lowest BCUT2D eigenvalue weighted by Gasteiger charge is -2.23. The molecule has 3 atom stereocenters. The van der Waals surface area contributed by atoms with Crippen LogP contribution in [-0.4, -0.2) is 36.4 Å². The number of rotatable bonds is 7. The number of aliphatic hydroxyl groups is 1. The van der Waals surface area contributed by atoms with Gasteiger partial charge in [0, 0.05) is 6.04 Å². The van der Waals surface area contributed by atoms with Gasteiger partial charge in [0.2, 0.25) is 0 Å². The second kappa shape index (κ2) is 7.97. The smallest absolute Gasteiger partial charge is 0.325 e. The highest BCUT2D eigenvalue weighted by Crippen LogP contribution is 2.11. The number of hydrogen-bond acceptors (Lipinski definition) is 4. The first kappa shape index (κ1) is 16.6. The minimum absolute atomic E-state index is 0.0479. The predicted molar refractivity (Wildman–Crippen MR) is 74.8 cm³/mol. The second-order valence-corrected chi connectivity index (χ2v) is 4.94. The van der Waals surface area contributed by atoms with E-state index in [9.17, 15) is 14.3 Å². The van der Waals surface area contributed by atoms with E-state index in [2.05, 4.69) is 10.1 Å². The number of nitrogens with one attached hydrogen (secondary N) is 1. The molecule has 5 heteroatoms. The van der Waals surface area contributed by atoms with Gasteiger partial charge in [-0.3, -0.25) is 10.1 Å². The van der Waals surface area contributed by atoms with Crippen molar-refractivity contribution < 1.29 is 19.0 Å². The van der Waals surface area contributed by atoms with Gasteiger partial charge in [0.05, 0.1) is 13.2 Å². The Labute approximate surface area is 119 Å². The van der Waals surface area contributed by atoms with Crippen molar-refractivity contribution in [2.45, 2.75) is 44.9 Å². The molecule has 4 nitrogen and oxygen atoms in total. The Morgan fingerprint density at radius 1 is 1.40 bits per heavy atom. The zero-order valence-corrected chi connectivity index (χ0v) is 12.1. The number of aliphatic hydroxyl groups excluding tert-OH is 1. The van der Waals surface area contributed by atoms with Crippen LogP contribution >= 0.6 is 0 Å². The molecule has 0 aliphatic carbocycles. The number of ether oxygens (including phenoxy) is 1. The minimum atomic E-state index is -0.849. The summed E-state index contributed by atoms with van der Waals surface area (Å²) in [6.45, 7) is 3.41. The lowest BCUT2D eigenvalue weighted by molar-refractivity contribution is -0.146. The molecule has 1 aromatic rings. The van der Waals surface area contributed by atoms with Crippen molar-refractivity contribution >= 4 is 5.97 Å². The molecule has 0 radical (unpaired) electrons. The summed E-state index contributed by atoms with van der Waals surface area (Å²) >= 11 is 0. The van der Waals surface area contributed by atoms with Crippen molar-refractivity contribution in [1.82, 2.24) is 5.32 Å². The normalized spacial score (nSPS) is 15.4. The number of methoxy groups -OCH3 is 1. The van der Waals surface area contributed by atoms with Crippen molar-refractivity contribution in [3.05, 3.63) is 35.6 Å². The van der Waals surface area contributed by atoms with Crippen LogP contribution in [0, 0.1) is 5.82 Å². The molecule has 0 aliphatic rings. The first-order chi connectivity index (χ1) is 9.45. The highest BCUT2D eigenvalue weighted by molar-refractivity contribution is 5.76. The molecular weight excluding hydrogens is 261 g/mol. The summed E-state index contributed by atoms with van der Waals surface area (Å²) in [7, 11) is 1.28. The summed E-state index contributed by atoms with van der Waals surface area (Å²) < 4.78 is 18.1. The van der Waals surface area contributed by atoms with Crippen LogP contribution in [-0.2, 0) is 16.0 Å². The Hall–Kier alpha value is -1.46. The molecule has 2 N–H and O–H groups in total. The van der Waals surface area contributed by atoms with Crippen molar-refractivity contribution in [2.75, 3.05) is 7.11 Å². The zero-order valence-electron chi connectivity index (χ0n) is 12.1. The Kier molecular flexibility index (Phi) is 6.61. The van der Waals surface area contributed by atoms with Gasteiger partial charge in [-0.1, -0.05) is 18.2 Å². The molecule has 1 rings (SSSR count). The quantitative estimate of drug-likeness (QED) is 0.747. The van der Waals surface area contributed by atoms with Crippen molar-refractivity contribution in [3.63, 3.8) is 0 Å². The topological polar surface area (TPSA) is 58.6 Å². The van der Waals surface area contributed by atoms with Gasteiger partial charge in [0.1, 0.15) is 11.9 Å². The van der Waals surface area contributed by atoms with Gasteiger partial charge in [-0.05, 0) is 38.3 Å². The molecule has 0 aromatic heterocycles. The van der Waals surface area contributed by atoms with Crippen LogP contribution < -0.4 is 5.32 Å². The van der Waals surface area contributed by atoms with Gasteiger partial charge in [0.15, 0.2) is 0 Å². The molecule has 0 spiro atoms. The van der Waals surface area contributed by atoms with Crippen LogP contribution in [0.15, 0.2) is 24.3 Å². The van der Waals surface area contributed by atoms with Crippen molar-refractivity contribution in [3.8, 4) is 0 Å². The van der Waals surface area contributed by atoms with Gasteiger partial charge >= 0.3 is 5.97 Å². The second-order valence-electron chi connectivity index (χ2n) is 4.94. The largest absolute Gasteiger partial charge is 0.468 e. The Bertz CT molecular complexity index is 437.